The predicted octanol–water partition coefficient (Wildman–Crippen LogP) is 2.62. The summed E-state index contributed by atoms with van der Waals surface area (Å²) in [5.41, 5.74) is -0.0351. The predicted molar refractivity (Wildman–Crippen MR) is 52.5 cm³/mol. The summed E-state index contributed by atoms with van der Waals surface area (Å²) in [6, 6.07) is 3.81. The summed E-state index contributed by atoms with van der Waals surface area (Å²) in [4.78, 5) is 0. The van der Waals surface area contributed by atoms with Crippen molar-refractivity contribution in [1.82, 2.24) is 0 Å². The summed E-state index contributed by atoms with van der Waals surface area (Å²) in [6.07, 6.45) is 2.97. The summed E-state index contributed by atoms with van der Waals surface area (Å²) in [5, 5.41) is 9.74. The first-order chi connectivity index (χ1) is 6.00. The van der Waals surface area contributed by atoms with Gasteiger partial charge in [0.05, 0.1) is 12.4 Å². The summed E-state index contributed by atoms with van der Waals surface area (Å²) >= 11 is 0. The van der Waals surface area contributed by atoms with Gasteiger partial charge in [0.1, 0.15) is 5.76 Å². The summed E-state index contributed by atoms with van der Waals surface area (Å²) < 4.78 is 5.19. The number of aliphatic hydroxyl groups excluding tert-OH is 1. The molecule has 0 amide bonds. The lowest BCUT2D eigenvalue weighted by Crippen LogP contribution is -2.26. The van der Waals surface area contributed by atoms with E-state index >= 15 is 0 Å². The van der Waals surface area contributed by atoms with E-state index in [9.17, 15) is 5.11 Å². The second-order valence-electron chi connectivity index (χ2n) is 4.50. The molecule has 1 heterocycles. The van der Waals surface area contributed by atoms with Crippen LogP contribution in [0.5, 0.6) is 0 Å². The van der Waals surface area contributed by atoms with Crippen LogP contribution >= 0.6 is 0 Å². The minimum atomic E-state index is -0.266. The highest BCUT2D eigenvalue weighted by Crippen LogP contribution is 2.22. The van der Waals surface area contributed by atoms with Gasteiger partial charge in [0.15, 0.2) is 0 Å². The van der Waals surface area contributed by atoms with Gasteiger partial charge in [-0.1, -0.05) is 20.8 Å². The summed E-state index contributed by atoms with van der Waals surface area (Å²) in [6.45, 7) is 6.12. The minimum absolute atomic E-state index is 0.0351. The summed E-state index contributed by atoms with van der Waals surface area (Å²) in [7, 11) is 0. The fourth-order valence-corrected chi connectivity index (χ4v) is 1.17. The first-order valence-corrected chi connectivity index (χ1v) is 4.70. The third kappa shape index (κ3) is 3.23. The van der Waals surface area contributed by atoms with E-state index in [1.54, 1.807) is 6.26 Å². The second kappa shape index (κ2) is 3.97. The standard InChI is InChI=1S/C11H18O2/c1-11(2,3)10(12)7-6-9-5-4-8-13-9/h4-5,8,10,12H,6-7H2,1-3H3. The molecule has 74 valence electrons. The van der Waals surface area contributed by atoms with E-state index < -0.39 is 0 Å². The number of aliphatic hydroxyl groups is 1. The van der Waals surface area contributed by atoms with E-state index in [1.165, 1.54) is 0 Å². The van der Waals surface area contributed by atoms with Gasteiger partial charge in [-0.3, -0.25) is 0 Å². The topological polar surface area (TPSA) is 33.4 Å². The molecular formula is C11H18O2. The van der Waals surface area contributed by atoms with Crippen LogP contribution in [0.2, 0.25) is 0 Å². The average molecular weight is 182 g/mol. The molecular weight excluding hydrogens is 164 g/mol. The zero-order valence-corrected chi connectivity index (χ0v) is 8.58. The van der Waals surface area contributed by atoms with Crippen LogP contribution < -0.4 is 0 Å². The Bertz CT molecular complexity index is 231. The van der Waals surface area contributed by atoms with Crippen molar-refractivity contribution >= 4 is 0 Å². The zero-order valence-electron chi connectivity index (χ0n) is 8.58. The number of rotatable bonds is 3. The zero-order chi connectivity index (χ0) is 9.90. The maximum absolute atomic E-state index is 9.74. The molecule has 0 aliphatic heterocycles. The van der Waals surface area contributed by atoms with E-state index in [0.29, 0.717) is 0 Å². The van der Waals surface area contributed by atoms with E-state index in [2.05, 4.69) is 0 Å². The van der Waals surface area contributed by atoms with E-state index in [4.69, 9.17) is 4.42 Å². The van der Waals surface area contributed by atoms with Gasteiger partial charge in [-0.25, -0.2) is 0 Å². The van der Waals surface area contributed by atoms with Gasteiger partial charge in [-0.05, 0) is 24.0 Å². The fraction of sp³-hybridized carbons (Fsp3) is 0.636. The van der Waals surface area contributed by atoms with Crippen LogP contribution in [0.4, 0.5) is 0 Å². The fourth-order valence-electron chi connectivity index (χ4n) is 1.17. The molecule has 0 saturated carbocycles. The molecule has 0 aliphatic carbocycles. The molecule has 0 aliphatic rings. The third-order valence-corrected chi connectivity index (χ3v) is 2.24. The molecule has 1 unspecified atom stereocenters. The maximum atomic E-state index is 9.74. The Morgan fingerprint density at radius 1 is 1.46 bits per heavy atom. The van der Waals surface area contributed by atoms with Crippen molar-refractivity contribution in [3.63, 3.8) is 0 Å². The highest BCUT2D eigenvalue weighted by Gasteiger charge is 2.21. The Kier molecular flexibility index (Phi) is 3.15. The van der Waals surface area contributed by atoms with Gasteiger partial charge in [-0.15, -0.1) is 0 Å². The number of hydrogen-bond acceptors (Lipinski definition) is 2. The van der Waals surface area contributed by atoms with Crippen molar-refractivity contribution < 1.29 is 9.52 Å². The highest BCUT2D eigenvalue weighted by molar-refractivity contribution is 4.98. The van der Waals surface area contributed by atoms with E-state index in [1.807, 2.05) is 32.9 Å². The van der Waals surface area contributed by atoms with E-state index in [-0.39, 0.29) is 11.5 Å². The van der Waals surface area contributed by atoms with Crippen molar-refractivity contribution in [2.45, 2.75) is 39.7 Å². The molecule has 0 saturated heterocycles. The molecule has 13 heavy (non-hydrogen) atoms. The Morgan fingerprint density at radius 3 is 2.62 bits per heavy atom. The Labute approximate surface area is 79.6 Å². The molecule has 1 rings (SSSR count). The number of aryl methyl sites for hydroxylation is 1. The van der Waals surface area contributed by atoms with Gasteiger partial charge in [0.2, 0.25) is 0 Å². The monoisotopic (exact) mass is 182 g/mol. The first-order valence-electron chi connectivity index (χ1n) is 4.70. The Morgan fingerprint density at radius 2 is 2.15 bits per heavy atom. The molecule has 1 atom stereocenters. The Balaban J connectivity index is 2.35. The van der Waals surface area contributed by atoms with E-state index in [0.717, 1.165) is 18.6 Å². The van der Waals surface area contributed by atoms with Crippen LogP contribution in [0.15, 0.2) is 22.8 Å². The lowest BCUT2D eigenvalue weighted by Gasteiger charge is -2.25. The highest BCUT2D eigenvalue weighted by atomic mass is 16.3. The van der Waals surface area contributed by atoms with Crippen LogP contribution in [0, 0.1) is 5.41 Å². The van der Waals surface area contributed by atoms with Crippen LogP contribution in [-0.4, -0.2) is 11.2 Å². The Hall–Kier alpha value is -0.760. The number of hydrogen-bond donors (Lipinski definition) is 1. The maximum Gasteiger partial charge on any atom is 0.103 e. The lowest BCUT2D eigenvalue weighted by atomic mass is 9.86. The average Bonchev–Trinajstić information content (AvgIpc) is 2.50. The molecule has 0 radical (unpaired) electrons. The first kappa shape index (κ1) is 10.3. The molecule has 0 spiro atoms. The molecule has 2 nitrogen and oxygen atoms in total. The van der Waals surface area contributed by atoms with Crippen LogP contribution in [0.1, 0.15) is 33.0 Å². The molecule has 0 fully saturated rings. The van der Waals surface area contributed by atoms with Crippen LogP contribution in [0.25, 0.3) is 0 Å². The van der Waals surface area contributed by atoms with Crippen LogP contribution in [-0.2, 0) is 6.42 Å². The summed E-state index contributed by atoms with van der Waals surface area (Å²) in [5.74, 6) is 0.948. The normalized spacial score (nSPS) is 14.5. The second-order valence-corrected chi connectivity index (χ2v) is 4.50. The van der Waals surface area contributed by atoms with Gasteiger partial charge in [0.25, 0.3) is 0 Å². The van der Waals surface area contributed by atoms with Gasteiger partial charge in [0, 0.05) is 6.42 Å². The number of furan rings is 1. The largest absolute Gasteiger partial charge is 0.469 e. The van der Waals surface area contributed by atoms with Crippen molar-refractivity contribution in [3.05, 3.63) is 24.2 Å². The molecule has 1 aromatic heterocycles. The third-order valence-electron chi connectivity index (χ3n) is 2.24. The minimum Gasteiger partial charge on any atom is -0.469 e. The molecule has 1 N–H and O–H groups in total. The quantitative estimate of drug-likeness (QED) is 0.779. The van der Waals surface area contributed by atoms with Gasteiger partial charge in [-0.2, -0.15) is 0 Å². The van der Waals surface area contributed by atoms with Crippen LogP contribution in [0.3, 0.4) is 0 Å². The molecule has 1 aromatic rings. The molecule has 0 bridgehead atoms. The van der Waals surface area contributed by atoms with Gasteiger partial charge < -0.3 is 9.52 Å². The lowest BCUT2D eigenvalue weighted by molar-refractivity contribution is 0.0548. The van der Waals surface area contributed by atoms with Crippen molar-refractivity contribution in [2.24, 2.45) is 5.41 Å². The van der Waals surface area contributed by atoms with Crippen molar-refractivity contribution in [1.29, 1.82) is 0 Å². The molecule has 0 aromatic carbocycles. The SMILES string of the molecule is CC(C)(C)C(O)CCc1ccco1. The van der Waals surface area contributed by atoms with Crippen molar-refractivity contribution in [3.8, 4) is 0 Å². The molecule has 2 heteroatoms. The smallest absolute Gasteiger partial charge is 0.103 e. The van der Waals surface area contributed by atoms with Gasteiger partial charge >= 0.3 is 0 Å². The van der Waals surface area contributed by atoms with Crippen molar-refractivity contribution in [2.75, 3.05) is 0 Å².